The van der Waals surface area contributed by atoms with Crippen LogP contribution >= 0.6 is 0 Å². The van der Waals surface area contributed by atoms with Crippen molar-refractivity contribution in [3.63, 3.8) is 0 Å². The number of allylic oxidation sites excluding steroid dienone is 1. The second-order valence-corrected chi connectivity index (χ2v) is 6.09. The number of hydrogen-bond acceptors (Lipinski definition) is 0. The second kappa shape index (κ2) is 4.94. The van der Waals surface area contributed by atoms with E-state index < -0.39 is 0 Å². The molecule has 20 heavy (non-hydrogen) atoms. The van der Waals surface area contributed by atoms with E-state index in [4.69, 9.17) is 0 Å². The summed E-state index contributed by atoms with van der Waals surface area (Å²) < 4.78 is 0. The molecule has 1 aliphatic carbocycles. The highest BCUT2D eigenvalue weighted by atomic mass is 14.2. The molecule has 0 nitrogen and oxygen atoms in total. The molecule has 1 aliphatic rings. The molecule has 0 unspecified atom stereocenters. The Morgan fingerprint density at radius 3 is 2.15 bits per heavy atom. The van der Waals surface area contributed by atoms with Gasteiger partial charge in [0, 0.05) is 0 Å². The van der Waals surface area contributed by atoms with Crippen molar-refractivity contribution in [1.29, 1.82) is 0 Å². The molecule has 0 atom stereocenters. The van der Waals surface area contributed by atoms with Gasteiger partial charge in [0.1, 0.15) is 0 Å². The van der Waals surface area contributed by atoms with Gasteiger partial charge in [0.25, 0.3) is 0 Å². The van der Waals surface area contributed by atoms with E-state index in [1.807, 2.05) is 0 Å². The van der Waals surface area contributed by atoms with Gasteiger partial charge in [-0.3, -0.25) is 0 Å². The summed E-state index contributed by atoms with van der Waals surface area (Å²) in [5.74, 6) is 0. The predicted octanol–water partition coefficient (Wildman–Crippen LogP) is 5.63. The molecule has 0 radical (unpaired) electrons. The van der Waals surface area contributed by atoms with Crippen LogP contribution in [-0.2, 0) is 6.42 Å². The first kappa shape index (κ1) is 13.2. The quantitative estimate of drug-likeness (QED) is 0.658. The summed E-state index contributed by atoms with van der Waals surface area (Å²) >= 11 is 0. The number of rotatable bonds is 2. The zero-order valence-electron chi connectivity index (χ0n) is 12.9. The average Bonchev–Trinajstić information content (AvgIpc) is 2.79. The minimum absolute atomic E-state index is 1.13. The Hall–Kier alpha value is -1.82. The Balaban J connectivity index is 2.21. The van der Waals surface area contributed by atoms with Crippen molar-refractivity contribution in [3.8, 4) is 11.1 Å². The van der Waals surface area contributed by atoms with Crippen LogP contribution in [0, 0.1) is 20.8 Å². The highest BCUT2D eigenvalue weighted by Crippen LogP contribution is 2.36. The molecular weight excluding hydrogens is 240 g/mol. The van der Waals surface area contributed by atoms with Crippen molar-refractivity contribution in [2.75, 3.05) is 0 Å². The van der Waals surface area contributed by atoms with Crippen LogP contribution in [0.4, 0.5) is 0 Å². The molecule has 2 aromatic carbocycles. The van der Waals surface area contributed by atoms with Crippen molar-refractivity contribution >= 4 is 6.08 Å². The SMILES string of the molecule is CCC1=Cc2c(cc(C)cc2-c2cc(C)cc(C)c2)C1. The van der Waals surface area contributed by atoms with Crippen LogP contribution in [0.25, 0.3) is 17.2 Å². The molecule has 0 bridgehead atoms. The van der Waals surface area contributed by atoms with Crippen molar-refractivity contribution < 1.29 is 0 Å². The van der Waals surface area contributed by atoms with Crippen LogP contribution < -0.4 is 0 Å². The molecule has 0 aromatic heterocycles. The first-order chi connectivity index (χ1) is 9.56. The van der Waals surface area contributed by atoms with Gasteiger partial charge in [-0.1, -0.05) is 65.6 Å². The van der Waals surface area contributed by atoms with Crippen molar-refractivity contribution in [1.82, 2.24) is 0 Å². The molecule has 0 saturated heterocycles. The summed E-state index contributed by atoms with van der Waals surface area (Å²) in [6, 6.07) is 11.5. The molecule has 0 aliphatic heterocycles. The molecule has 102 valence electrons. The van der Waals surface area contributed by atoms with E-state index in [1.165, 1.54) is 38.9 Å². The molecule has 0 heteroatoms. The highest BCUT2D eigenvalue weighted by molar-refractivity contribution is 5.81. The lowest BCUT2D eigenvalue weighted by molar-refractivity contribution is 1.04. The summed E-state index contributed by atoms with van der Waals surface area (Å²) in [7, 11) is 0. The van der Waals surface area contributed by atoms with E-state index in [0.717, 1.165) is 12.8 Å². The van der Waals surface area contributed by atoms with Crippen LogP contribution in [-0.4, -0.2) is 0 Å². The Kier molecular flexibility index (Phi) is 3.25. The average molecular weight is 262 g/mol. The van der Waals surface area contributed by atoms with E-state index >= 15 is 0 Å². The normalized spacial score (nSPS) is 13.3. The van der Waals surface area contributed by atoms with E-state index in [0.29, 0.717) is 0 Å². The van der Waals surface area contributed by atoms with Gasteiger partial charge in [0.05, 0.1) is 0 Å². The zero-order chi connectivity index (χ0) is 14.3. The monoisotopic (exact) mass is 262 g/mol. The Bertz CT molecular complexity index is 682. The fraction of sp³-hybridized carbons (Fsp3) is 0.300. The number of fused-ring (bicyclic) bond motifs is 1. The standard InChI is InChI=1S/C20H22/c1-5-16-11-18-9-15(4)10-19(20(18)12-16)17-7-13(2)6-14(3)8-17/h6-10,12H,5,11H2,1-4H3. The topological polar surface area (TPSA) is 0 Å². The maximum Gasteiger partial charge on any atom is -0.00576 e. The lowest BCUT2D eigenvalue weighted by atomic mass is 9.93. The van der Waals surface area contributed by atoms with Crippen LogP contribution in [0.15, 0.2) is 35.9 Å². The summed E-state index contributed by atoms with van der Waals surface area (Å²) in [6.45, 7) is 8.82. The van der Waals surface area contributed by atoms with Gasteiger partial charge in [-0.2, -0.15) is 0 Å². The first-order valence-electron chi connectivity index (χ1n) is 7.48. The Morgan fingerprint density at radius 2 is 1.50 bits per heavy atom. The molecule has 0 saturated carbocycles. The van der Waals surface area contributed by atoms with E-state index in [-0.39, 0.29) is 0 Å². The van der Waals surface area contributed by atoms with Crippen molar-refractivity contribution in [2.45, 2.75) is 40.5 Å². The van der Waals surface area contributed by atoms with Crippen molar-refractivity contribution in [3.05, 3.63) is 63.7 Å². The van der Waals surface area contributed by atoms with Crippen LogP contribution in [0.2, 0.25) is 0 Å². The van der Waals surface area contributed by atoms with Crippen LogP contribution in [0.5, 0.6) is 0 Å². The lowest BCUT2D eigenvalue weighted by Gasteiger charge is -2.12. The first-order valence-corrected chi connectivity index (χ1v) is 7.48. The number of aryl methyl sites for hydroxylation is 3. The third-order valence-corrected chi connectivity index (χ3v) is 4.16. The molecule has 0 amide bonds. The predicted molar refractivity (Wildman–Crippen MR) is 88.1 cm³/mol. The maximum atomic E-state index is 2.40. The number of benzene rings is 2. The lowest BCUT2D eigenvalue weighted by Crippen LogP contribution is -1.91. The van der Waals surface area contributed by atoms with E-state index in [1.54, 1.807) is 5.57 Å². The molecule has 2 aromatic rings. The van der Waals surface area contributed by atoms with Gasteiger partial charge in [0.2, 0.25) is 0 Å². The summed E-state index contributed by atoms with van der Waals surface area (Å²) in [5, 5.41) is 0. The summed E-state index contributed by atoms with van der Waals surface area (Å²) in [5.41, 5.74) is 11.3. The van der Waals surface area contributed by atoms with Crippen molar-refractivity contribution in [2.24, 2.45) is 0 Å². The third-order valence-electron chi connectivity index (χ3n) is 4.16. The van der Waals surface area contributed by atoms with Gasteiger partial charge in [-0.15, -0.1) is 0 Å². The van der Waals surface area contributed by atoms with E-state index in [2.05, 4.69) is 64.1 Å². The fourth-order valence-corrected chi connectivity index (χ4v) is 3.29. The molecule has 3 rings (SSSR count). The summed E-state index contributed by atoms with van der Waals surface area (Å²) in [4.78, 5) is 0. The van der Waals surface area contributed by atoms with E-state index in [9.17, 15) is 0 Å². The third kappa shape index (κ3) is 2.31. The fourth-order valence-electron chi connectivity index (χ4n) is 3.29. The highest BCUT2D eigenvalue weighted by Gasteiger charge is 2.16. The van der Waals surface area contributed by atoms with Gasteiger partial charge in [-0.25, -0.2) is 0 Å². The minimum atomic E-state index is 1.13. The van der Waals surface area contributed by atoms with Crippen LogP contribution in [0.3, 0.4) is 0 Å². The van der Waals surface area contributed by atoms with Gasteiger partial charge in [0.15, 0.2) is 0 Å². The Morgan fingerprint density at radius 1 is 0.850 bits per heavy atom. The molecule has 0 spiro atoms. The van der Waals surface area contributed by atoms with Gasteiger partial charge in [-0.05, 0) is 55.9 Å². The molecular formula is C20H22. The maximum absolute atomic E-state index is 2.40. The largest absolute Gasteiger partial charge is 0.0655 e. The smallest absolute Gasteiger partial charge is 0.00576 e. The Labute approximate surface area is 122 Å². The summed E-state index contributed by atoms with van der Waals surface area (Å²) in [6.07, 6.45) is 4.69. The second-order valence-electron chi connectivity index (χ2n) is 6.09. The zero-order valence-corrected chi connectivity index (χ0v) is 12.9. The molecule has 0 heterocycles. The molecule has 0 fully saturated rings. The number of hydrogen-bond donors (Lipinski definition) is 0. The molecule has 0 N–H and O–H groups in total. The van der Waals surface area contributed by atoms with Gasteiger partial charge >= 0.3 is 0 Å². The van der Waals surface area contributed by atoms with Gasteiger partial charge < -0.3 is 0 Å². The van der Waals surface area contributed by atoms with Crippen LogP contribution in [0.1, 0.15) is 41.2 Å². The minimum Gasteiger partial charge on any atom is -0.0655 e.